The van der Waals surface area contributed by atoms with E-state index in [1.54, 1.807) is 25.3 Å². The van der Waals surface area contributed by atoms with Crippen molar-refractivity contribution in [3.05, 3.63) is 52.3 Å². The first-order valence-electron chi connectivity index (χ1n) is 9.43. The van der Waals surface area contributed by atoms with Gasteiger partial charge in [-0.05, 0) is 58.9 Å². The van der Waals surface area contributed by atoms with Gasteiger partial charge in [-0.25, -0.2) is 4.79 Å². The molecule has 152 valence electrons. The highest BCUT2D eigenvalue weighted by molar-refractivity contribution is 6.00. The number of nitrogens with zero attached hydrogens (tertiary/aromatic N) is 1. The lowest BCUT2D eigenvalue weighted by atomic mass is 10.1. The highest BCUT2D eigenvalue weighted by Gasteiger charge is 2.19. The molecule has 0 bridgehead atoms. The maximum Gasteiger partial charge on any atom is 0.338 e. The van der Waals surface area contributed by atoms with Crippen LogP contribution in [-0.4, -0.2) is 36.6 Å². The molecule has 0 radical (unpaired) electrons. The highest BCUT2D eigenvalue weighted by atomic mass is 16.5. The van der Waals surface area contributed by atoms with Crippen LogP contribution in [0.2, 0.25) is 0 Å². The van der Waals surface area contributed by atoms with Gasteiger partial charge in [0.05, 0.1) is 19.3 Å². The molecule has 0 aliphatic carbocycles. The van der Waals surface area contributed by atoms with Gasteiger partial charge in [0.1, 0.15) is 5.75 Å². The second-order valence-electron chi connectivity index (χ2n) is 6.91. The smallest absolute Gasteiger partial charge is 0.338 e. The Kier molecular flexibility index (Phi) is 7.40. The molecular weight excluding hydrogens is 358 g/mol. The molecule has 6 nitrogen and oxygen atoms in total. The summed E-state index contributed by atoms with van der Waals surface area (Å²) in [5, 5.41) is 0. The molecule has 0 atom stereocenters. The van der Waals surface area contributed by atoms with E-state index in [2.05, 4.69) is 18.4 Å². The molecule has 6 heteroatoms. The second-order valence-corrected chi connectivity index (χ2v) is 6.91. The number of ether oxygens (including phenoxy) is 3. The van der Waals surface area contributed by atoms with Gasteiger partial charge in [-0.3, -0.25) is 4.79 Å². The van der Waals surface area contributed by atoms with Gasteiger partial charge >= 0.3 is 5.97 Å². The first-order chi connectivity index (χ1) is 13.3. The van der Waals surface area contributed by atoms with Crippen LogP contribution in [0.15, 0.2) is 24.3 Å². The zero-order valence-corrected chi connectivity index (χ0v) is 17.5. The fraction of sp³-hybridized carbons (Fsp3) is 0.455. The Labute approximate surface area is 166 Å². The summed E-state index contributed by atoms with van der Waals surface area (Å²) in [6.07, 6.45) is 0. The number of methoxy groups -OCH3 is 1. The van der Waals surface area contributed by atoms with Gasteiger partial charge in [0.15, 0.2) is 6.61 Å². The van der Waals surface area contributed by atoms with Crippen LogP contribution in [0.5, 0.6) is 5.75 Å². The minimum Gasteiger partial charge on any atom is -0.496 e. The Hall–Kier alpha value is -2.60. The van der Waals surface area contributed by atoms with Crippen LogP contribution in [0.4, 0.5) is 0 Å². The van der Waals surface area contributed by atoms with Gasteiger partial charge in [-0.2, -0.15) is 0 Å². The Morgan fingerprint density at radius 1 is 1.14 bits per heavy atom. The van der Waals surface area contributed by atoms with E-state index in [0.29, 0.717) is 30.1 Å². The van der Waals surface area contributed by atoms with E-state index in [-0.39, 0.29) is 18.4 Å². The van der Waals surface area contributed by atoms with E-state index in [0.717, 1.165) is 17.0 Å². The van der Waals surface area contributed by atoms with Crippen LogP contribution in [0, 0.1) is 13.8 Å². The topological polar surface area (TPSA) is 66.8 Å². The van der Waals surface area contributed by atoms with Gasteiger partial charge in [-0.15, -0.1) is 0 Å². The van der Waals surface area contributed by atoms with Crippen LogP contribution >= 0.6 is 0 Å². The highest BCUT2D eigenvalue weighted by Crippen LogP contribution is 2.22. The van der Waals surface area contributed by atoms with E-state index in [1.807, 2.05) is 26.8 Å². The molecule has 1 aromatic heterocycles. The van der Waals surface area contributed by atoms with Crippen molar-refractivity contribution in [2.24, 2.45) is 0 Å². The lowest BCUT2D eigenvalue weighted by Crippen LogP contribution is -2.15. The number of aryl methyl sites for hydroxylation is 1. The number of carbonyl (C=O) groups is 2. The van der Waals surface area contributed by atoms with Crippen molar-refractivity contribution < 1.29 is 23.8 Å². The quantitative estimate of drug-likeness (QED) is 0.475. The third-order valence-corrected chi connectivity index (χ3v) is 4.61. The van der Waals surface area contributed by atoms with Crippen molar-refractivity contribution in [1.82, 2.24) is 4.57 Å². The number of ketones is 1. The van der Waals surface area contributed by atoms with E-state index in [1.165, 1.54) is 0 Å². The molecule has 0 aliphatic rings. The molecule has 28 heavy (non-hydrogen) atoms. The van der Waals surface area contributed by atoms with Gasteiger partial charge in [0, 0.05) is 35.2 Å². The van der Waals surface area contributed by atoms with Crippen molar-refractivity contribution >= 4 is 11.8 Å². The summed E-state index contributed by atoms with van der Waals surface area (Å²) in [4.78, 5) is 25.0. The Bertz CT molecular complexity index is 851. The SMILES string of the molecule is CCOCc1cc(C(=O)OCC(=O)c2cc(C)n(C(C)C)c2C)ccc1OC. The summed E-state index contributed by atoms with van der Waals surface area (Å²) in [5.74, 6) is -0.120. The van der Waals surface area contributed by atoms with Crippen LogP contribution in [0.3, 0.4) is 0 Å². The molecule has 2 aromatic rings. The first-order valence-corrected chi connectivity index (χ1v) is 9.43. The Balaban J connectivity index is 2.10. The molecule has 2 rings (SSSR count). The first kappa shape index (κ1) is 21.7. The summed E-state index contributed by atoms with van der Waals surface area (Å²) in [7, 11) is 1.56. The zero-order chi connectivity index (χ0) is 20.8. The molecule has 0 spiro atoms. The number of benzene rings is 1. The summed E-state index contributed by atoms with van der Waals surface area (Å²) in [6, 6.07) is 7.09. The predicted molar refractivity (Wildman–Crippen MR) is 107 cm³/mol. The third kappa shape index (κ3) is 4.81. The van der Waals surface area contributed by atoms with Crippen LogP contribution in [0.25, 0.3) is 0 Å². The molecule has 0 amide bonds. The average molecular weight is 387 g/mol. The minimum atomic E-state index is -0.550. The Morgan fingerprint density at radius 2 is 1.86 bits per heavy atom. The molecule has 0 unspecified atom stereocenters. The number of aromatic nitrogens is 1. The van der Waals surface area contributed by atoms with E-state index in [9.17, 15) is 9.59 Å². The predicted octanol–water partition coefficient (Wildman–Crippen LogP) is 4.27. The number of rotatable bonds is 9. The fourth-order valence-electron chi connectivity index (χ4n) is 3.38. The summed E-state index contributed by atoms with van der Waals surface area (Å²) < 4.78 is 18.1. The maximum atomic E-state index is 12.6. The maximum absolute atomic E-state index is 12.6. The van der Waals surface area contributed by atoms with Crippen molar-refractivity contribution in [2.45, 2.75) is 47.3 Å². The van der Waals surface area contributed by atoms with Gasteiger partial charge in [0.25, 0.3) is 0 Å². The summed E-state index contributed by atoms with van der Waals surface area (Å²) >= 11 is 0. The van der Waals surface area contributed by atoms with E-state index < -0.39 is 5.97 Å². The average Bonchev–Trinajstić information content (AvgIpc) is 2.98. The lowest BCUT2D eigenvalue weighted by Gasteiger charge is -2.13. The molecule has 0 N–H and O–H groups in total. The molecule has 0 saturated carbocycles. The molecule has 0 aliphatic heterocycles. The second kappa shape index (κ2) is 9.55. The standard InChI is InChI=1S/C22H29NO5/c1-7-27-12-18-11-17(8-9-21(18)26-6)22(25)28-13-20(24)19-10-15(4)23(14(2)3)16(19)5/h8-11,14H,7,12-13H2,1-6H3. The summed E-state index contributed by atoms with van der Waals surface area (Å²) in [5.41, 5.74) is 3.60. The van der Waals surface area contributed by atoms with E-state index >= 15 is 0 Å². The van der Waals surface area contributed by atoms with Gasteiger partial charge < -0.3 is 18.8 Å². The molecule has 1 heterocycles. The number of esters is 1. The minimum absolute atomic E-state index is 0.212. The van der Waals surface area contributed by atoms with Crippen LogP contribution in [-0.2, 0) is 16.1 Å². The normalized spacial score (nSPS) is 11.0. The van der Waals surface area contributed by atoms with Crippen LogP contribution in [0.1, 0.15) is 64.5 Å². The number of hydrogen-bond acceptors (Lipinski definition) is 5. The van der Waals surface area contributed by atoms with Gasteiger partial charge in [0.2, 0.25) is 5.78 Å². The number of carbonyl (C=O) groups excluding carboxylic acids is 2. The molecular formula is C22H29NO5. The number of Topliss-reactive ketones (excluding diaryl/α,β-unsaturated/α-hetero) is 1. The monoisotopic (exact) mass is 387 g/mol. The largest absolute Gasteiger partial charge is 0.496 e. The molecule has 0 fully saturated rings. The van der Waals surface area contributed by atoms with Crippen molar-refractivity contribution in [1.29, 1.82) is 0 Å². The Morgan fingerprint density at radius 3 is 2.43 bits per heavy atom. The van der Waals surface area contributed by atoms with Crippen LogP contribution < -0.4 is 4.74 Å². The molecule has 0 saturated heterocycles. The summed E-state index contributed by atoms with van der Waals surface area (Å²) in [6.45, 7) is 10.5. The fourth-order valence-corrected chi connectivity index (χ4v) is 3.38. The third-order valence-electron chi connectivity index (χ3n) is 4.61. The molecule has 1 aromatic carbocycles. The zero-order valence-electron chi connectivity index (χ0n) is 17.5. The number of hydrogen-bond donors (Lipinski definition) is 0. The van der Waals surface area contributed by atoms with Crippen molar-refractivity contribution in [3.8, 4) is 5.75 Å². The van der Waals surface area contributed by atoms with E-state index in [4.69, 9.17) is 14.2 Å². The van der Waals surface area contributed by atoms with Gasteiger partial charge in [-0.1, -0.05) is 0 Å². The lowest BCUT2D eigenvalue weighted by molar-refractivity contribution is 0.0474. The van der Waals surface area contributed by atoms with Crippen molar-refractivity contribution in [2.75, 3.05) is 20.3 Å². The van der Waals surface area contributed by atoms with Crippen molar-refractivity contribution in [3.63, 3.8) is 0 Å².